The third kappa shape index (κ3) is 5.21. The number of carbonyl (C=O) groups excluding carboxylic acids is 1. The van der Waals surface area contributed by atoms with Crippen LogP contribution in [0.3, 0.4) is 0 Å². The summed E-state index contributed by atoms with van der Waals surface area (Å²) in [7, 11) is -1.08. The van der Waals surface area contributed by atoms with Gasteiger partial charge in [-0.25, -0.2) is 4.79 Å². The van der Waals surface area contributed by atoms with Crippen LogP contribution in [0.1, 0.15) is 22.3 Å². The third-order valence-corrected chi connectivity index (χ3v) is 3.42. The Balaban J connectivity index is 2.68. The van der Waals surface area contributed by atoms with Crippen molar-refractivity contribution in [1.29, 1.82) is 0 Å². The highest BCUT2D eigenvalue weighted by Gasteiger charge is 2.20. The van der Waals surface area contributed by atoms with Gasteiger partial charge in [-0.05, 0) is 25.5 Å². The number of hydrogen-bond donors (Lipinski definition) is 2. The first-order valence-corrected chi connectivity index (χ1v) is 7.53. The van der Waals surface area contributed by atoms with Gasteiger partial charge in [-0.2, -0.15) is 0 Å². The minimum atomic E-state index is -1.12. The second-order valence-corrected chi connectivity index (χ2v) is 5.85. The van der Waals surface area contributed by atoms with Gasteiger partial charge in [0.1, 0.15) is 6.04 Å². The van der Waals surface area contributed by atoms with E-state index in [0.717, 1.165) is 5.56 Å². The van der Waals surface area contributed by atoms with Gasteiger partial charge in [0.15, 0.2) is 0 Å². The predicted molar refractivity (Wildman–Crippen MR) is 73.6 cm³/mol. The van der Waals surface area contributed by atoms with Gasteiger partial charge in [-0.15, -0.1) is 0 Å². The summed E-state index contributed by atoms with van der Waals surface area (Å²) in [4.78, 5) is 22.9. The van der Waals surface area contributed by atoms with Gasteiger partial charge in [0.05, 0.1) is 0 Å². The smallest absolute Gasteiger partial charge is 0.326 e. The lowest BCUT2D eigenvalue weighted by atomic mass is 10.1. The highest BCUT2D eigenvalue weighted by Crippen LogP contribution is 2.04. The summed E-state index contributed by atoms with van der Waals surface area (Å²) in [6.45, 7) is 1.90. The predicted octanol–water partition coefficient (Wildman–Crippen LogP) is 0.947. The standard InChI is InChI=1S/C13H17NO4S/c1-9-3-5-10(6-4-9)12(15)14-11(13(16)17)7-8-19(2)18/h3-6,11H,7-8H2,1-2H3,(H,14,15)(H,16,17)/t11-,19?/m0/s1. The molecule has 0 bridgehead atoms. The zero-order chi connectivity index (χ0) is 14.4. The Labute approximate surface area is 114 Å². The summed E-state index contributed by atoms with van der Waals surface area (Å²) >= 11 is 0. The molecule has 1 unspecified atom stereocenters. The first kappa shape index (κ1) is 15.4. The number of amides is 1. The molecular formula is C13H17NO4S. The Morgan fingerprint density at radius 3 is 2.37 bits per heavy atom. The largest absolute Gasteiger partial charge is 0.480 e. The second-order valence-electron chi connectivity index (χ2n) is 4.30. The van der Waals surface area contributed by atoms with Gasteiger partial charge in [-0.3, -0.25) is 9.00 Å². The van der Waals surface area contributed by atoms with E-state index < -0.39 is 28.7 Å². The van der Waals surface area contributed by atoms with Crippen LogP contribution in [0, 0.1) is 6.92 Å². The number of carboxylic acids is 1. The van der Waals surface area contributed by atoms with Crippen molar-refractivity contribution in [2.75, 3.05) is 12.0 Å². The maximum atomic E-state index is 11.9. The Morgan fingerprint density at radius 1 is 1.32 bits per heavy atom. The number of nitrogens with one attached hydrogen (secondary N) is 1. The van der Waals surface area contributed by atoms with Crippen molar-refractivity contribution in [2.24, 2.45) is 0 Å². The number of rotatable bonds is 6. The van der Waals surface area contributed by atoms with Gasteiger partial charge in [0.2, 0.25) is 0 Å². The number of hydrogen-bond acceptors (Lipinski definition) is 3. The maximum Gasteiger partial charge on any atom is 0.326 e. The lowest BCUT2D eigenvalue weighted by Crippen LogP contribution is -2.41. The van der Waals surface area contributed by atoms with E-state index in [2.05, 4.69) is 5.32 Å². The monoisotopic (exact) mass is 283 g/mol. The Bertz CT molecular complexity index is 484. The molecule has 0 aliphatic rings. The van der Waals surface area contributed by atoms with Crippen molar-refractivity contribution in [3.8, 4) is 0 Å². The summed E-state index contributed by atoms with van der Waals surface area (Å²) < 4.78 is 11.0. The molecule has 0 saturated carbocycles. The topological polar surface area (TPSA) is 83.5 Å². The first-order chi connectivity index (χ1) is 8.90. The van der Waals surface area contributed by atoms with Gasteiger partial charge in [0, 0.05) is 28.4 Å². The second kappa shape index (κ2) is 7.04. The van der Waals surface area contributed by atoms with E-state index in [1.807, 2.05) is 6.92 Å². The number of carbonyl (C=O) groups is 2. The molecular weight excluding hydrogens is 266 g/mol. The van der Waals surface area contributed by atoms with E-state index in [1.165, 1.54) is 6.26 Å². The van der Waals surface area contributed by atoms with Gasteiger partial charge in [-0.1, -0.05) is 17.7 Å². The van der Waals surface area contributed by atoms with Gasteiger partial charge in [0.25, 0.3) is 5.91 Å². The van der Waals surface area contributed by atoms with Gasteiger partial charge >= 0.3 is 5.97 Å². The third-order valence-electron chi connectivity index (χ3n) is 2.61. The fraction of sp³-hybridized carbons (Fsp3) is 0.385. The minimum absolute atomic E-state index is 0.149. The molecule has 1 aromatic rings. The van der Waals surface area contributed by atoms with E-state index in [0.29, 0.717) is 5.56 Å². The SMILES string of the molecule is Cc1ccc(C(=O)N[C@@H](CCS(C)=O)C(=O)O)cc1. The molecule has 0 heterocycles. The molecule has 2 atom stereocenters. The molecule has 2 N–H and O–H groups in total. The Kier molecular flexibility index (Phi) is 5.69. The van der Waals surface area contributed by atoms with Crippen LogP contribution in [0.15, 0.2) is 24.3 Å². The molecule has 0 saturated heterocycles. The molecule has 6 heteroatoms. The summed E-state index contributed by atoms with van der Waals surface area (Å²) in [6, 6.07) is 5.83. The molecule has 1 aromatic carbocycles. The molecule has 19 heavy (non-hydrogen) atoms. The molecule has 0 aliphatic carbocycles. The zero-order valence-corrected chi connectivity index (χ0v) is 11.7. The van der Waals surface area contributed by atoms with Crippen LogP contribution in [0.25, 0.3) is 0 Å². The molecule has 0 radical (unpaired) electrons. The van der Waals surface area contributed by atoms with E-state index in [9.17, 15) is 13.8 Å². The lowest BCUT2D eigenvalue weighted by Gasteiger charge is -2.13. The van der Waals surface area contributed by atoms with E-state index in [1.54, 1.807) is 24.3 Å². The Morgan fingerprint density at radius 2 is 1.89 bits per heavy atom. The molecule has 0 aliphatic heterocycles. The van der Waals surface area contributed by atoms with E-state index in [-0.39, 0.29) is 12.2 Å². The summed E-state index contributed by atoms with van der Waals surface area (Å²) in [5.41, 5.74) is 1.43. The average molecular weight is 283 g/mol. The van der Waals surface area contributed by atoms with Crippen LogP contribution >= 0.6 is 0 Å². The van der Waals surface area contributed by atoms with Crippen LogP contribution < -0.4 is 5.32 Å². The minimum Gasteiger partial charge on any atom is -0.480 e. The van der Waals surface area contributed by atoms with Crippen LogP contribution in [0.2, 0.25) is 0 Å². The molecule has 1 amide bonds. The van der Waals surface area contributed by atoms with E-state index >= 15 is 0 Å². The number of aliphatic carboxylic acids is 1. The van der Waals surface area contributed by atoms with Crippen molar-refractivity contribution >= 4 is 22.7 Å². The average Bonchev–Trinajstić information content (AvgIpc) is 2.34. The molecule has 0 fully saturated rings. The number of aryl methyl sites for hydroxylation is 1. The van der Waals surface area contributed by atoms with Gasteiger partial charge < -0.3 is 10.4 Å². The van der Waals surface area contributed by atoms with Crippen LogP contribution in [0.4, 0.5) is 0 Å². The summed E-state index contributed by atoms with van der Waals surface area (Å²) in [5.74, 6) is -1.31. The first-order valence-electron chi connectivity index (χ1n) is 5.80. The maximum absolute atomic E-state index is 11.9. The molecule has 0 spiro atoms. The van der Waals surface area contributed by atoms with Crippen molar-refractivity contribution in [3.63, 3.8) is 0 Å². The zero-order valence-electron chi connectivity index (χ0n) is 10.9. The van der Waals surface area contributed by atoms with Crippen molar-refractivity contribution in [2.45, 2.75) is 19.4 Å². The van der Waals surface area contributed by atoms with Crippen LogP contribution in [-0.2, 0) is 15.6 Å². The van der Waals surface area contributed by atoms with Crippen molar-refractivity contribution < 1.29 is 18.9 Å². The lowest BCUT2D eigenvalue weighted by molar-refractivity contribution is -0.139. The molecule has 1 rings (SSSR count). The number of benzene rings is 1. The fourth-order valence-corrected chi connectivity index (χ4v) is 2.06. The Hall–Kier alpha value is -1.69. The van der Waals surface area contributed by atoms with Crippen molar-refractivity contribution in [3.05, 3.63) is 35.4 Å². The highest BCUT2D eigenvalue weighted by molar-refractivity contribution is 7.84. The molecule has 5 nitrogen and oxygen atoms in total. The molecule has 104 valence electrons. The number of carboxylic acid groups (broad SMARTS) is 1. The highest BCUT2D eigenvalue weighted by atomic mass is 32.2. The molecule has 0 aromatic heterocycles. The quantitative estimate of drug-likeness (QED) is 0.814. The van der Waals surface area contributed by atoms with Crippen molar-refractivity contribution in [1.82, 2.24) is 5.32 Å². The fourth-order valence-electron chi connectivity index (χ4n) is 1.49. The summed E-state index contributed by atoms with van der Waals surface area (Å²) in [5, 5.41) is 11.4. The van der Waals surface area contributed by atoms with Crippen LogP contribution in [0.5, 0.6) is 0 Å². The van der Waals surface area contributed by atoms with E-state index in [4.69, 9.17) is 5.11 Å². The normalized spacial score (nSPS) is 13.6. The van der Waals surface area contributed by atoms with Crippen LogP contribution in [-0.4, -0.2) is 39.2 Å². The summed E-state index contributed by atoms with van der Waals surface area (Å²) in [6.07, 6.45) is 1.65.